The lowest BCUT2D eigenvalue weighted by atomic mass is 10.2. The van der Waals surface area contributed by atoms with Gasteiger partial charge in [0.1, 0.15) is 0 Å². The van der Waals surface area contributed by atoms with Gasteiger partial charge in [0, 0.05) is 17.6 Å². The van der Waals surface area contributed by atoms with Gasteiger partial charge in [-0.15, -0.1) is 0 Å². The van der Waals surface area contributed by atoms with Crippen molar-refractivity contribution < 1.29 is 9.53 Å². The van der Waals surface area contributed by atoms with Crippen molar-refractivity contribution in [2.24, 2.45) is 0 Å². The number of epoxide rings is 1. The summed E-state index contributed by atoms with van der Waals surface area (Å²) < 4.78 is 4.98. The molecule has 4 heteroatoms. The third kappa shape index (κ3) is 3.68. The smallest absolute Gasteiger partial charge is 0.244 e. The molecule has 3 nitrogen and oxygen atoms in total. The van der Waals surface area contributed by atoms with Crippen molar-refractivity contribution in [3.05, 3.63) is 40.9 Å². The Hall–Kier alpha value is -1.32. The van der Waals surface area contributed by atoms with Crippen LogP contribution < -0.4 is 5.32 Å². The summed E-state index contributed by atoms with van der Waals surface area (Å²) in [6.07, 6.45) is 3.47. The maximum Gasteiger partial charge on any atom is 0.244 e. The quantitative estimate of drug-likeness (QED) is 0.642. The Labute approximate surface area is 99.1 Å². The molecule has 1 saturated heterocycles. The van der Waals surface area contributed by atoms with Crippen molar-refractivity contribution in [2.45, 2.75) is 6.10 Å². The monoisotopic (exact) mass is 237 g/mol. The van der Waals surface area contributed by atoms with Crippen molar-refractivity contribution in [1.29, 1.82) is 0 Å². The minimum atomic E-state index is -0.106. The molecule has 0 aromatic heterocycles. The van der Waals surface area contributed by atoms with Crippen molar-refractivity contribution in [3.63, 3.8) is 0 Å². The Bertz CT molecular complexity index is 396. The van der Waals surface area contributed by atoms with Crippen molar-refractivity contribution in [1.82, 2.24) is 5.32 Å². The lowest BCUT2D eigenvalue weighted by Gasteiger charge is -1.97. The van der Waals surface area contributed by atoms with Gasteiger partial charge >= 0.3 is 0 Å². The number of halogens is 1. The molecule has 1 fully saturated rings. The number of hydrogen-bond donors (Lipinski definition) is 1. The molecular weight excluding hydrogens is 226 g/mol. The van der Waals surface area contributed by atoms with Gasteiger partial charge in [0.2, 0.25) is 5.91 Å². The molecule has 1 aliphatic heterocycles. The maximum atomic E-state index is 11.3. The molecule has 0 radical (unpaired) electrons. The molecule has 1 aromatic rings. The van der Waals surface area contributed by atoms with E-state index in [9.17, 15) is 4.79 Å². The van der Waals surface area contributed by atoms with Crippen LogP contribution in [0.25, 0.3) is 6.08 Å². The highest BCUT2D eigenvalue weighted by atomic mass is 35.5. The first-order valence-electron chi connectivity index (χ1n) is 5.07. The van der Waals surface area contributed by atoms with Gasteiger partial charge < -0.3 is 10.1 Å². The van der Waals surface area contributed by atoms with Gasteiger partial charge in [-0.3, -0.25) is 4.79 Å². The van der Waals surface area contributed by atoms with Crippen molar-refractivity contribution in [3.8, 4) is 0 Å². The van der Waals surface area contributed by atoms with Gasteiger partial charge in [0.05, 0.1) is 12.7 Å². The van der Waals surface area contributed by atoms with Crippen LogP contribution in [0.4, 0.5) is 0 Å². The van der Waals surface area contributed by atoms with E-state index in [2.05, 4.69) is 5.32 Å². The van der Waals surface area contributed by atoms with E-state index in [0.29, 0.717) is 11.6 Å². The number of carbonyl (C=O) groups is 1. The number of rotatable bonds is 4. The molecule has 0 spiro atoms. The number of benzene rings is 1. The predicted molar refractivity (Wildman–Crippen MR) is 63.2 cm³/mol. The van der Waals surface area contributed by atoms with E-state index >= 15 is 0 Å². The molecule has 1 unspecified atom stereocenters. The van der Waals surface area contributed by atoms with Gasteiger partial charge in [0.15, 0.2) is 0 Å². The van der Waals surface area contributed by atoms with Crippen LogP contribution in [0.2, 0.25) is 5.02 Å². The Balaban J connectivity index is 1.82. The van der Waals surface area contributed by atoms with E-state index < -0.39 is 0 Å². The van der Waals surface area contributed by atoms with Gasteiger partial charge in [-0.25, -0.2) is 0 Å². The Kier molecular flexibility index (Phi) is 3.59. The second-order valence-corrected chi connectivity index (χ2v) is 4.02. The average molecular weight is 238 g/mol. The standard InChI is InChI=1S/C12H12ClNO2/c13-10-4-1-9(2-5-10)3-6-12(15)14-7-11-8-16-11/h1-6,11H,7-8H2,(H,14,15)/b6-3+. The van der Waals surface area contributed by atoms with Gasteiger partial charge in [0.25, 0.3) is 0 Å². The zero-order chi connectivity index (χ0) is 11.4. The zero-order valence-corrected chi connectivity index (χ0v) is 9.41. The highest BCUT2D eigenvalue weighted by molar-refractivity contribution is 6.30. The van der Waals surface area contributed by atoms with Gasteiger partial charge in [-0.1, -0.05) is 23.7 Å². The first kappa shape index (κ1) is 11.2. The molecule has 1 atom stereocenters. The highest BCUT2D eigenvalue weighted by Crippen LogP contribution is 2.10. The van der Waals surface area contributed by atoms with E-state index in [4.69, 9.17) is 16.3 Å². The van der Waals surface area contributed by atoms with E-state index in [0.717, 1.165) is 12.2 Å². The predicted octanol–water partition coefficient (Wildman–Crippen LogP) is 1.87. The molecular formula is C12H12ClNO2. The second-order valence-electron chi connectivity index (χ2n) is 3.59. The van der Waals surface area contributed by atoms with Crippen LogP contribution in [0.1, 0.15) is 5.56 Å². The van der Waals surface area contributed by atoms with E-state index in [1.807, 2.05) is 12.1 Å². The average Bonchev–Trinajstić information content (AvgIpc) is 3.09. The van der Waals surface area contributed by atoms with E-state index in [1.54, 1.807) is 18.2 Å². The minimum absolute atomic E-state index is 0.106. The molecule has 1 N–H and O–H groups in total. The van der Waals surface area contributed by atoms with Crippen molar-refractivity contribution in [2.75, 3.05) is 13.2 Å². The van der Waals surface area contributed by atoms with E-state index in [-0.39, 0.29) is 12.0 Å². The van der Waals surface area contributed by atoms with Crippen LogP contribution in [0.3, 0.4) is 0 Å². The molecule has 0 bridgehead atoms. The molecule has 1 heterocycles. The summed E-state index contributed by atoms with van der Waals surface area (Å²) in [5, 5.41) is 3.44. The molecule has 1 amide bonds. The first-order valence-corrected chi connectivity index (χ1v) is 5.45. The number of ether oxygens (including phenoxy) is 1. The summed E-state index contributed by atoms with van der Waals surface area (Å²) in [4.78, 5) is 11.3. The molecule has 16 heavy (non-hydrogen) atoms. The number of amides is 1. The summed E-state index contributed by atoms with van der Waals surface area (Å²) in [5.41, 5.74) is 0.947. The molecule has 0 saturated carbocycles. The molecule has 2 rings (SSSR count). The Morgan fingerprint density at radius 2 is 2.19 bits per heavy atom. The largest absolute Gasteiger partial charge is 0.371 e. The summed E-state index contributed by atoms with van der Waals surface area (Å²) in [6.45, 7) is 1.34. The highest BCUT2D eigenvalue weighted by Gasteiger charge is 2.22. The summed E-state index contributed by atoms with van der Waals surface area (Å²) in [5.74, 6) is -0.106. The molecule has 1 aromatic carbocycles. The SMILES string of the molecule is O=C(/C=C/c1ccc(Cl)cc1)NCC1CO1. The maximum absolute atomic E-state index is 11.3. The minimum Gasteiger partial charge on any atom is -0.371 e. The fourth-order valence-corrected chi connectivity index (χ4v) is 1.33. The summed E-state index contributed by atoms with van der Waals surface area (Å²) >= 11 is 5.75. The van der Waals surface area contributed by atoms with Crippen LogP contribution in [0, 0.1) is 0 Å². The summed E-state index contributed by atoms with van der Waals surface area (Å²) in [6, 6.07) is 7.29. The summed E-state index contributed by atoms with van der Waals surface area (Å²) in [7, 11) is 0. The molecule has 1 aliphatic rings. The molecule has 84 valence electrons. The number of nitrogens with one attached hydrogen (secondary N) is 1. The van der Waals surface area contributed by atoms with Crippen LogP contribution in [0.15, 0.2) is 30.3 Å². The number of hydrogen-bond acceptors (Lipinski definition) is 2. The second kappa shape index (κ2) is 5.14. The lowest BCUT2D eigenvalue weighted by Crippen LogP contribution is -2.25. The normalized spacial score (nSPS) is 18.7. The fourth-order valence-electron chi connectivity index (χ4n) is 1.21. The van der Waals surface area contributed by atoms with Crippen LogP contribution >= 0.6 is 11.6 Å². The topological polar surface area (TPSA) is 41.6 Å². The van der Waals surface area contributed by atoms with Gasteiger partial charge in [-0.2, -0.15) is 0 Å². The third-order valence-corrected chi connectivity index (χ3v) is 2.46. The number of carbonyl (C=O) groups excluding carboxylic acids is 1. The van der Waals surface area contributed by atoms with Crippen LogP contribution in [0.5, 0.6) is 0 Å². The van der Waals surface area contributed by atoms with Gasteiger partial charge in [-0.05, 0) is 23.8 Å². The van der Waals surface area contributed by atoms with E-state index in [1.165, 1.54) is 6.08 Å². The van der Waals surface area contributed by atoms with Crippen LogP contribution in [-0.2, 0) is 9.53 Å². The van der Waals surface area contributed by atoms with Crippen molar-refractivity contribution >= 4 is 23.6 Å². The fraction of sp³-hybridized carbons (Fsp3) is 0.250. The third-order valence-electron chi connectivity index (χ3n) is 2.20. The lowest BCUT2D eigenvalue weighted by molar-refractivity contribution is -0.116. The molecule has 0 aliphatic carbocycles. The van der Waals surface area contributed by atoms with Crippen LogP contribution in [-0.4, -0.2) is 25.2 Å². The zero-order valence-electron chi connectivity index (χ0n) is 8.65. The Morgan fingerprint density at radius 3 is 2.81 bits per heavy atom. The Morgan fingerprint density at radius 1 is 1.50 bits per heavy atom. The first-order chi connectivity index (χ1) is 7.74.